The number of carbonyl (C=O) groups is 5. The average molecular weight is 491 g/mol. The molecule has 0 heterocycles. The molecule has 2 unspecified atom stereocenters. The molecule has 2 fully saturated rings. The second kappa shape index (κ2) is 7.71. The number of amides is 1. The van der Waals surface area contributed by atoms with Crippen LogP contribution in [0.3, 0.4) is 0 Å². The van der Waals surface area contributed by atoms with Gasteiger partial charge in [-0.25, -0.2) is 4.39 Å². The summed E-state index contributed by atoms with van der Waals surface area (Å²) in [6.45, 7) is 1.07. The summed E-state index contributed by atoms with van der Waals surface area (Å²) in [6, 6.07) is -1.28. The topological polar surface area (TPSA) is 198 Å². The van der Waals surface area contributed by atoms with Crippen molar-refractivity contribution in [2.45, 2.75) is 31.4 Å². The minimum absolute atomic E-state index is 0.250. The van der Waals surface area contributed by atoms with Crippen molar-refractivity contribution in [2.24, 2.45) is 29.4 Å². The van der Waals surface area contributed by atoms with Crippen LogP contribution in [-0.2, 0) is 25.6 Å². The van der Waals surface area contributed by atoms with Crippen LogP contribution in [0.15, 0.2) is 0 Å². The summed E-state index contributed by atoms with van der Waals surface area (Å²) in [6.07, 6.45) is -0.565. The number of nitrogens with zero attached hydrogens (tertiary/aromatic N) is 2. The van der Waals surface area contributed by atoms with E-state index in [-0.39, 0.29) is 18.4 Å². The number of hydrogen-bond donors (Lipinski definition) is 3. The normalized spacial score (nSPS) is 32.2. The number of primary amides is 1. The van der Waals surface area contributed by atoms with Crippen LogP contribution in [0.5, 0.6) is 5.75 Å². The third kappa shape index (κ3) is 3.01. The molecule has 3 aliphatic carbocycles. The number of rotatable bonds is 3. The van der Waals surface area contributed by atoms with Gasteiger partial charge < -0.3 is 15.9 Å². The lowest BCUT2D eigenvalue weighted by molar-refractivity contribution is -0.386. The van der Waals surface area contributed by atoms with Gasteiger partial charge in [-0.1, -0.05) is 0 Å². The highest BCUT2D eigenvalue weighted by atomic mass is 19.1. The Morgan fingerprint density at radius 3 is 2.34 bits per heavy atom. The summed E-state index contributed by atoms with van der Waals surface area (Å²) in [7, 11) is 2.88. The molecule has 0 radical (unpaired) electrons. The predicted molar refractivity (Wildman–Crippen MR) is 113 cm³/mol. The Kier molecular flexibility index (Phi) is 5.41. The maximum atomic E-state index is 15.1. The second-order valence-electron chi connectivity index (χ2n) is 9.54. The molecule has 4 rings (SSSR count). The first-order chi connectivity index (χ1) is 16.2. The maximum absolute atomic E-state index is 15.1. The van der Waals surface area contributed by atoms with E-state index >= 15 is 4.39 Å². The molecule has 3 aliphatic rings. The summed E-state index contributed by atoms with van der Waals surface area (Å²) in [5, 5.41) is 33.3. The zero-order valence-electron chi connectivity index (χ0n) is 18.9. The number of aromatic hydroxyl groups is 1. The fourth-order valence-corrected chi connectivity index (χ4v) is 6.04. The number of nitro groups is 1. The van der Waals surface area contributed by atoms with Crippen LogP contribution < -0.4 is 5.73 Å². The van der Waals surface area contributed by atoms with Gasteiger partial charge >= 0.3 is 5.69 Å². The van der Waals surface area contributed by atoms with Crippen molar-refractivity contribution in [3.63, 3.8) is 0 Å². The zero-order chi connectivity index (χ0) is 26.3. The standard InChI is InChI=1S/C22H22FN3O9/c1-6-13(23)8-4-7-5-9-15(25(2)3)18(29)12(21(24)32)20(31)22(9,33)19(30)10(7)16(27)11(8)17(28)14(6)26(34)35/h7,9-10,12,15,28,33H,4-5H2,1-3H3,(H2,24,32)/t7-,9-,10?,12?,15-,22-/m0/s1. The molecule has 4 N–H and O–H groups in total. The number of likely N-dealkylation sites (N-methyl/N-ethyl adjacent to an activating group) is 1. The summed E-state index contributed by atoms with van der Waals surface area (Å²) in [5.41, 5.74) is -0.304. The number of ketones is 4. The van der Waals surface area contributed by atoms with E-state index in [1.165, 1.54) is 19.0 Å². The molecule has 1 aromatic rings. The number of phenolic OH excluding ortho intramolecular Hbond substituents is 1. The molecule has 0 aliphatic heterocycles. The van der Waals surface area contributed by atoms with Crippen LogP contribution >= 0.6 is 0 Å². The Balaban J connectivity index is 1.92. The Bertz CT molecular complexity index is 1260. The highest BCUT2D eigenvalue weighted by Crippen LogP contribution is 2.52. The highest BCUT2D eigenvalue weighted by Gasteiger charge is 2.69. The van der Waals surface area contributed by atoms with Gasteiger partial charge in [0.2, 0.25) is 11.7 Å². The predicted octanol–water partition coefficient (Wildman–Crippen LogP) is -0.777. The van der Waals surface area contributed by atoms with E-state index in [2.05, 4.69) is 0 Å². The molecule has 0 bridgehead atoms. The van der Waals surface area contributed by atoms with Crippen molar-refractivity contribution in [1.82, 2.24) is 4.90 Å². The van der Waals surface area contributed by atoms with Gasteiger partial charge in [0.15, 0.2) is 34.7 Å². The number of aliphatic hydroxyl groups is 1. The smallest absolute Gasteiger partial charge is 0.317 e. The van der Waals surface area contributed by atoms with Gasteiger partial charge in [0.05, 0.1) is 28.0 Å². The van der Waals surface area contributed by atoms with Gasteiger partial charge in [0, 0.05) is 11.5 Å². The molecular weight excluding hydrogens is 469 g/mol. The number of benzene rings is 1. The second-order valence-corrected chi connectivity index (χ2v) is 9.54. The van der Waals surface area contributed by atoms with Gasteiger partial charge in [-0.05, 0) is 39.8 Å². The van der Waals surface area contributed by atoms with E-state index in [1.54, 1.807) is 0 Å². The summed E-state index contributed by atoms with van der Waals surface area (Å²) < 4.78 is 15.1. The quantitative estimate of drug-likeness (QED) is 0.274. The fraction of sp³-hybridized carbons (Fsp3) is 0.500. The van der Waals surface area contributed by atoms with E-state index < -0.39 is 97.7 Å². The number of nitrogens with two attached hydrogens (primary N) is 1. The fourth-order valence-electron chi connectivity index (χ4n) is 6.04. The van der Waals surface area contributed by atoms with Crippen molar-refractivity contribution in [3.05, 3.63) is 32.6 Å². The molecule has 12 nitrogen and oxygen atoms in total. The molecule has 6 atom stereocenters. The van der Waals surface area contributed by atoms with E-state index in [4.69, 9.17) is 5.73 Å². The molecule has 186 valence electrons. The third-order valence-corrected chi connectivity index (χ3v) is 7.55. The zero-order valence-corrected chi connectivity index (χ0v) is 18.9. The number of nitro benzene ring substituents is 1. The molecular formula is C22H22FN3O9. The van der Waals surface area contributed by atoms with Crippen molar-refractivity contribution in [2.75, 3.05) is 14.1 Å². The van der Waals surface area contributed by atoms with Crippen molar-refractivity contribution in [3.8, 4) is 5.75 Å². The Morgan fingerprint density at radius 2 is 1.83 bits per heavy atom. The number of carbonyl (C=O) groups excluding carboxylic acids is 5. The van der Waals surface area contributed by atoms with E-state index in [0.29, 0.717) is 0 Å². The third-order valence-electron chi connectivity index (χ3n) is 7.55. The molecule has 2 saturated carbocycles. The largest absolute Gasteiger partial charge is 0.502 e. The van der Waals surface area contributed by atoms with Gasteiger partial charge in [-0.15, -0.1) is 0 Å². The SMILES string of the molecule is Cc1c(F)c2c(c(O)c1[N+](=O)[O-])C(=O)C1C(=O)[C@]3(O)C(=O)C(C(N)=O)C(=O)[C@@H](N(C)C)[C@@H]3C[C@@H]1C2. The van der Waals surface area contributed by atoms with Crippen LogP contribution in [-0.4, -0.2) is 74.8 Å². The van der Waals surface area contributed by atoms with Crippen LogP contribution in [0.1, 0.15) is 27.9 Å². The lowest BCUT2D eigenvalue weighted by Gasteiger charge is -2.52. The van der Waals surface area contributed by atoms with Gasteiger partial charge in [0.25, 0.3) is 0 Å². The van der Waals surface area contributed by atoms with Crippen LogP contribution in [0.2, 0.25) is 0 Å². The van der Waals surface area contributed by atoms with Gasteiger partial charge in [0.1, 0.15) is 5.82 Å². The minimum atomic E-state index is -2.93. The molecule has 0 spiro atoms. The monoisotopic (exact) mass is 491 g/mol. The first-order valence-corrected chi connectivity index (χ1v) is 10.7. The number of Topliss-reactive ketones (excluding diaryl/α,β-unsaturated/α-hetero) is 4. The molecule has 0 saturated heterocycles. The molecule has 13 heteroatoms. The first kappa shape index (κ1) is 24.5. The Hall–Kier alpha value is -3.58. The van der Waals surface area contributed by atoms with Crippen LogP contribution in [0.25, 0.3) is 0 Å². The number of phenols is 1. The summed E-state index contributed by atoms with van der Waals surface area (Å²) in [5.74, 6) is -14.6. The summed E-state index contributed by atoms with van der Waals surface area (Å²) >= 11 is 0. The number of fused-ring (bicyclic) bond motifs is 3. The molecule has 1 amide bonds. The number of hydrogen-bond acceptors (Lipinski definition) is 10. The van der Waals surface area contributed by atoms with Gasteiger partial charge in [-0.3, -0.25) is 39.0 Å². The van der Waals surface area contributed by atoms with E-state index in [0.717, 1.165) is 6.92 Å². The van der Waals surface area contributed by atoms with E-state index in [9.17, 15) is 44.3 Å². The summed E-state index contributed by atoms with van der Waals surface area (Å²) in [4.78, 5) is 76.6. The lowest BCUT2D eigenvalue weighted by atomic mass is 9.52. The van der Waals surface area contributed by atoms with Crippen molar-refractivity contribution < 1.29 is 43.5 Å². The molecule has 1 aromatic carbocycles. The van der Waals surface area contributed by atoms with Crippen LogP contribution in [0, 0.1) is 46.5 Å². The van der Waals surface area contributed by atoms with E-state index in [1.807, 2.05) is 0 Å². The highest BCUT2D eigenvalue weighted by molar-refractivity contribution is 6.32. The Labute approximate surface area is 197 Å². The van der Waals surface area contributed by atoms with Crippen molar-refractivity contribution in [1.29, 1.82) is 0 Å². The minimum Gasteiger partial charge on any atom is -0.502 e. The number of halogens is 1. The van der Waals surface area contributed by atoms with Crippen LogP contribution in [0.4, 0.5) is 10.1 Å². The lowest BCUT2D eigenvalue weighted by Crippen LogP contribution is -2.74. The average Bonchev–Trinajstić information content (AvgIpc) is 2.73. The molecule has 35 heavy (non-hydrogen) atoms. The van der Waals surface area contributed by atoms with Gasteiger partial charge in [-0.2, -0.15) is 0 Å². The van der Waals surface area contributed by atoms with Crippen molar-refractivity contribution >= 4 is 34.7 Å². The first-order valence-electron chi connectivity index (χ1n) is 10.7. The molecule has 0 aromatic heterocycles. The maximum Gasteiger partial charge on any atom is 0.317 e. The Morgan fingerprint density at radius 1 is 1.23 bits per heavy atom.